The second-order valence-electron chi connectivity index (χ2n) is 10.3. The van der Waals surface area contributed by atoms with Crippen molar-refractivity contribution in [1.29, 1.82) is 0 Å². The molecule has 0 atom stereocenters. The van der Waals surface area contributed by atoms with Gasteiger partial charge in [0.05, 0.1) is 0 Å². The van der Waals surface area contributed by atoms with E-state index >= 15 is 0 Å². The molecule has 4 N–H and O–H groups in total. The first kappa shape index (κ1) is 28.4. The lowest BCUT2D eigenvalue weighted by Gasteiger charge is -2.17. The van der Waals surface area contributed by atoms with Gasteiger partial charge in [-0.15, -0.1) is 13.2 Å². The van der Waals surface area contributed by atoms with E-state index in [4.69, 9.17) is 4.74 Å². The Kier molecular flexibility index (Phi) is 8.54. The molecule has 0 fully saturated rings. The molecule has 0 aliphatic rings. The first-order valence-corrected chi connectivity index (χ1v) is 13.3. The Bertz CT molecular complexity index is 1560. The number of allylic oxidation sites excluding steroid dienone is 2. The van der Waals surface area contributed by atoms with Crippen molar-refractivity contribution in [3.8, 4) is 34.5 Å². The van der Waals surface area contributed by atoms with Crippen LogP contribution in [-0.4, -0.2) is 20.4 Å². The van der Waals surface area contributed by atoms with Crippen LogP contribution >= 0.6 is 0 Å². The smallest absolute Gasteiger partial charge is 0.128 e. The normalized spacial score (nSPS) is 10.9. The van der Waals surface area contributed by atoms with Crippen LogP contribution in [0.25, 0.3) is 0 Å². The van der Waals surface area contributed by atoms with E-state index in [1.54, 1.807) is 30.4 Å². The molecule has 4 aromatic carbocycles. The molecular formula is C35H36O5. The van der Waals surface area contributed by atoms with Gasteiger partial charge < -0.3 is 25.2 Å². The summed E-state index contributed by atoms with van der Waals surface area (Å²) in [4.78, 5) is 0. The van der Waals surface area contributed by atoms with E-state index in [1.807, 2.05) is 57.2 Å². The van der Waals surface area contributed by atoms with E-state index < -0.39 is 0 Å². The van der Waals surface area contributed by atoms with Gasteiger partial charge in [0.15, 0.2) is 0 Å². The predicted molar refractivity (Wildman–Crippen MR) is 160 cm³/mol. The highest BCUT2D eigenvalue weighted by molar-refractivity contribution is 5.54. The molecule has 0 radical (unpaired) electrons. The van der Waals surface area contributed by atoms with Gasteiger partial charge in [-0.2, -0.15) is 0 Å². The summed E-state index contributed by atoms with van der Waals surface area (Å²) in [5, 5.41) is 42.1. The topological polar surface area (TPSA) is 90.2 Å². The van der Waals surface area contributed by atoms with Crippen LogP contribution in [0.2, 0.25) is 0 Å². The molecule has 0 amide bonds. The van der Waals surface area contributed by atoms with E-state index in [0.29, 0.717) is 59.4 Å². The molecule has 4 rings (SSSR count). The third-order valence-corrected chi connectivity index (χ3v) is 7.05. The van der Waals surface area contributed by atoms with Crippen molar-refractivity contribution < 1.29 is 25.2 Å². The molecule has 4 aromatic rings. The van der Waals surface area contributed by atoms with E-state index in [1.165, 1.54) is 0 Å². The van der Waals surface area contributed by atoms with Crippen LogP contribution in [0.1, 0.15) is 50.1 Å². The van der Waals surface area contributed by atoms with Crippen molar-refractivity contribution in [3.05, 3.63) is 130 Å². The average molecular weight is 537 g/mol. The number of hydrogen-bond donors (Lipinski definition) is 4. The third-order valence-electron chi connectivity index (χ3n) is 7.05. The monoisotopic (exact) mass is 536 g/mol. The van der Waals surface area contributed by atoms with Crippen LogP contribution in [0.5, 0.6) is 34.5 Å². The van der Waals surface area contributed by atoms with Crippen molar-refractivity contribution >= 4 is 0 Å². The summed E-state index contributed by atoms with van der Waals surface area (Å²) in [5.41, 5.74) is 7.02. The number of phenols is 4. The molecule has 0 spiro atoms. The lowest BCUT2D eigenvalue weighted by Crippen LogP contribution is -1.98. The summed E-state index contributed by atoms with van der Waals surface area (Å²) in [7, 11) is 0. The summed E-state index contributed by atoms with van der Waals surface area (Å²) in [6.45, 7) is 13.2. The second kappa shape index (κ2) is 12.0. The van der Waals surface area contributed by atoms with Gasteiger partial charge in [0.1, 0.15) is 34.5 Å². The van der Waals surface area contributed by atoms with Gasteiger partial charge in [-0.05, 0) is 91.8 Å². The molecular weight excluding hydrogens is 500 g/mol. The largest absolute Gasteiger partial charge is 0.508 e. The zero-order chi connectivity index (χ0) is 29.0. The van der Waals surface area contributed by atoms with Gasteiger partial charge in [-0.25, -0.2) is 0 Å². The van der Waals surface area contributed by atoms with Gasteiger partial charge in [-0.3, -0.25) is 0 Å². The van der Waals surface area contributed by atoms with Gasteiger partial charge in [-0.1, -0.05) is 36.4 Å². The van der Waals surface area contributed by atoms with Crippen LogP contribution in [-0.2, 0) is 25.7 Å². The third kappa shape index (κ3) is 6.32. The van der Waals surface area contributed by atoms with E-state index in [-0.39, 0.29) is 23.0 Å². The lowest BCUT2D eigenvalue weighted by atomic mass is 9.96. The number of hydrogen-bond acceptors (Lipinski definition) is 5. The summed E-state index contributed by atoms with van der Waals surface area (Å²) < 4.78 is 6.36. The van der Waals surface area contributed by atoms with Crippen molar-refractivity contribution in [3.63, 3.8) is 0 Å². The second-order valence-corrected chi connectivity index (χ2v) is 10.3. The van der Waals surface area contributed by atoms with Gasteiger partial charge >= 0.3 is 0 Å². The summed E-state index contributed by atoms with van der Waals surface area (Å²) in [6, 6.07) is 16.5. The molecule has 0 aliphatic heterocycles. The Balaban J connectivity index is 1.73. The molecule has 0 bridgehead atoms. The van der Waals surface area contributed by atoms with E-state index in [9.17, 15) is 20.4 Å². The number of ether oxygens (including phenoxy) is 1. The molecule has 0 aliphatic carbocycles. The summed E-state index contributed by atoms with van der Waals surface area (Å²) in [5.74, 6) is 2.00. The number of phenolic OH excluding ortho intramolecular Hbond substituents is 4. The Labute approximate surface area is 236 Å². The maximum atomic E-state index is 11.1. The first-order chi connectivity index (χ1) is 19.1. The zero-order valence-corrected chi connectivity index (χ0v) is 23.3. The van der Waals surface area contributed by atoms with Crippen molar-refractivity contribution in [1.82, 2.24) is 0 Å². The molecule has 0 saturated carbocycles. The fourth-order valence-corrected chi connectivity index (χ4v) is 5.02. The van der Waals surface area contributed by atoms with Gasteiger partial charge in [0.2, 0.25) is 0 Å². The zero-order valence-electron chi connectivity index (χ0n) is 23.3. The fourth-order valence-electron chi connectivity index (χ4n) is 5.02. The highest BCUT2D eigenvalue weighted by Crippen LogP contribution is 2.37. The molecule has 206 valence electrons. The molecule has 40 heavy (non-hydrogen) atoms. The van der Waals surface area contributed by atoms with Crippen molar-refractivity contribution in [2.24, 2.45) is 0 Å². The van der Waals surface area contributed by atoms with Crippen molar-refractivity contribution in [2.75, 3.05) is 0 Å². The number of benzene rings is 4. The maximum absolute atomic E-state index is 11.1. The maximum Gasteiger partial charge on any atom is 0.128 e. The Hall–Kier alpha value is -4.64. The van der Waals surface area contributed by atoms with Gasteiger partial charge in [0, 0.05) is 35.1 Å². The minimum atomic E-state index is 0.190. The molecule has 5 nitrogen and oxygen atoms in total. The molecule has 0 unspecified atom stereocenters. The quantitative estimate of drug-likeness (QED) is 0.155. The average Bonchev–Trinajstić information content (AvgIpc) is 2.90. The van der Waals surface area contributed by atoms with Gasteiger partial charge in [0.25, 0.3) is 0 Å². The number of rotatable bonds is 10. The van der Waals surface area contributed by atoms with Crippen LogP contribution in [0.4, 0.5) is 0 Å². The van der Waals surface area contributed by atoms with Crippen LogP contribution in [0, 0.1) is 20.8 Å². The van der Waals surface area contributed by atoms with Crippen LogP contribution < -0.4 is 4.74 Å². The highest BCUT2D eigenvalue weighted by atomic mass is 16.5. The molecule has 0 heterocycles. The molecule has 0 saturated heterocycles. The lowest BCUT2D eigenvalue weighted by molar-refractivity contribution is 0.447. The Morgan fingerprint density at radius 3 is 1.50 bits per heavy atom. The minimum absolute atomic E-state index is 0.190. The SMILES string of the molecule is C=CCc1cc(Oc2cc(CC=C)c(O)c(Cc3cc(C)c(O)c(C)c3)c2)cc(Cc2ccc(O)c(C)c2)c1O. The standard InChI is InChI=1S/C35H36O5/c1-6-8-26-17-30(19-28(34(26)38)15-24-10-11-32(36)21(3)12-24)40-31-18-27(9-7-2)35(39)29(20-31)16-25-13-22(4)33(37)23(5)14-25/h6-7,10-14,17-20,36-39H,1-2,8-9,15-16H2,3-5H3. The van der Waals surface area contributed by atoms with E-state index in [2.05, 4.69) is 13.2 Å². The first-order valence-electron chi connectivity index (χ1n) is 13.3. The Morgan fingerprint density at radius 1 is 0.575 bits per heavy atom. The van der Waals surface area contributed by atoms with Crippen LogP contribution in [0.3, 0.4) is 0 Å². The molecule has 5 heteroatoms. The Morgan fingerprint density at radius 2 is 1.02 bits per heavy atom. The van der Waals surface area contributed by atoms with E-state index in [0.717, 1.165) is 27.8 Å². The molecule has 0 aromatic heterocycles. The predicted octanol–water partition coefficient (Wildman–Crippen LogP) is 7.87. The fraction of sp³-hybridized carbons (Fsp3) is 0.200. The highest BCUT2D eigenvalue weighted by Gasteiger charge is 2.16. The summed E-state index contributed by atoms with van der Waals surface area (Å²) in [6.07, 6.45) is 5.31. The summed E-state index contributed by atoms with van der Waals surface area (Å²) >= 11 is 0. The van der Waals surface area contributed by atoms with Crippen molar-refractivity contribution in [2.45, 2.75) is 46.5 Å². The minimum Gasteiger partial charge on any atom is -0.508 e. The number of aromatic hydroxyl groups is 4. The van der Waals surface area contributed by atoms with Crippen LogP contribution in [0.15, 0.2) is 79.9 Å². The number of aryl methyl sites for hydroxylation is 3.